The van der Waals surface area contributed by atoms with Crippen molar-refractivity contribution in [2.75, 3.05) is 6.61 Å². The molecule has 0 aromatic heterocycles. The van der Waals surface area contributed by atoms with Crippen LogP contribution in [0.2, 0.25) is 0 Å². The summed E-state index contributed by atoms with van der Waals surface area (Å²) < 4.78 is 10.7. The highest BCUT2D eigenvalue weighted by molar-refractivity contribution is 5.79. The molecule has 0 bridgehead atoms. The van der Waals surface area contributed by atoms with E-state index < -0.39 is 5.60 Å². The molecule has 0 saturated heterocycles. The van der Waals surface area contributed by atoms with Crippen molar-refractivity contribution in [2.45, 2.75) is 40.2 Å². The predicted molar refractivity (Wildman–Crippen MR) is 67.3 cm³/mol. The first-order valence-corrected chi connectivity index (χ1v) is 5.80. The summed E-state index contributed by atoms with van der Waals surface area (Å²) in [6.07, 6.45) is 0. The fourth-order valence-corrected chi connectivity index (χ4v) is 1.44. The Morgan fingerprint density at radius 1 is 1.29 bits per heavy atom. The van der Waals surface area contributed by atoms with Gasteiger partial charge < -0.3 is 9.47 Å². The van der Waals surface area contributed by atoms with Crippen molar-refractivity contribution in [1.29, 1.82) is 0 Å². The molecule has 0 heterocycles. The zero-order valence-electron chi connectivity index (χ0n) is 11.2. The van der Waals surface area contributed by atoms with Gasteiger partial charge in [0.1, 0.15) is 5.75 Å². The summed E-state index contributed by atoms with van der Waals surface area (Å²) in [6.45, 7) is 9.52. The van der Waals surface area contributed by atoms with Gasteiger partial charge in [0, 0.05) is 0 Å². The molecule has 0 radical (unpaired) electrons. The van der Waals surface area contributed by atoms with Crippen LogP contribution >= 0.6 is 0 Å². The van der Waals surface area contributed by atoms with Crippen LogP contribution in [0.4, 0.5) is 0 Å². The van der Waals surface area contributed by atoms with Gasteiger partial charge in [-0.15, -0.1) is 0 Å². The third kappa shape index (κ3) is 3.48. The van der Waals surface area contributed by atoms with Crippen molar-refractivity contribution in [3.63, 3.8) is 0 Å². The second-order valence-electron chi connectivity index (χ2n) is 4.60. The van der Waals surface area contributed by atoms with E-state index in [1.165, 1.54) is 0 Å². The summed E-state index contributed by atoms with van der Waals surface area (Å²) in [5.74, 6) is 0.379. The number of hydrogen-bond acceptors (Lipinski definition) is 3. The fraction of sp³-hybridized carbons (Fsp3) is 0.500. The zero-order chi connectivity index (χ0) is 13.1. The molecule has 0 atom stereocenters. The van der Waals surface area contributed by atoms with Gasteiger partial charge in [-0.3, -0.25) is 0 Å². The second-order valence-corrected chi connectivity index (χ2v) is 4.60. The van der Waals surface area contributed by atoms with Crippen molar-refractivity contribution in [1.82, 2.24) is 0 Å². The third-order valence-electron chi connectivity index (χ3n) is 2.48. The van der Waals surface area contributed by atoms with Crippen LogP contribution in [0.25, 0.3) is 0 Å². The Labute approximate surface area is 103 Å². The average molecular weight is 236 g/mol. The topological polar surface area (TPSA) is 35.5 Å². The maximum absolute atomic E-state index is 11.7. The molecule has 94 valence electrons. The van der Waals surface area contributed by atoms with E-state index in [0.29, 0.717) is 6.61 Å². The quantitative estimate of drug-likeness (QED) is 0.754. The Morgan fingerprint density at radius 3 is 2.53 bits per heavy atom. The Bertz CT molecular complexity index is 408. The van der Waals surface area contributed by atoms with Gasteiger partial charge in [0.2, 0.25) is 0 Å². The highest BCUT2D eigenvalue weighted by atomic mass is 16.6. The summed E-state index contributed by atoms with van der Waals surface area (Å²) >= 11 is 0. The molecule has 0 fully saturated rings. The number of ether oxygens (including phenoxy) is 2. The summed E-state index contributed by atoms with van der Waals surface area (Å²) in [7, 11) is 0. The minimum absolute atomic E-state index is 0.346. The molecule has 0 aliphatic heterocycles. The Morgan fingerprint density at radius 2 is 1.94 bits per heavy atom. The van der Waals surface area contributed by atoms with Crippen LogP contribution in [0.1, 0.15) is 31.9 Å². The SMILES string of the molecule is CCOC(=O)C(C)(C)Oc1cc(C)ccc1C. The van der Waals surface area contributed by atoms with Crippen LogP contribution in [-0.2, 0) is 9.53 Å². The van der Waals surface area contributed by atoms with Gasteiger partial charge >= 0.3 is 5.97 Å². The highest BCUT2D eigenvalue weighted by Crippen LogP contribution is 2.24. The maximum atomic E-state index is 11.7. The first-order chi connectivity index (χ1) is 7.86. The van der Waals surface area contributed by atoms with Gasteiger partial charge in [0.05, 0.1) is 6.61 Å². The van der Waals surface area contributed by atoms with Crippen molar-refractivity contribution >= 4 is 5.97 Å². The number of aryl methyl sites for hydroxylation is 2. The van der Waals surface area contributed by atoms with E-state index in [4.69, 9.17) is 9.47 Å². The fourth-order valence-electron chi connectivity index (χ4n) is 1.44. The van der Waals surface area contributed by atoms with Crippen LogP contribution in [0.5, 0.6) is 5.75 Å². The minimum atomic E-state index is -0.964. The molecular formula is C14H20O3. The van der Waals surface area contributed by atoms with Crippen LogP contribution < -0.4 is 4.74 Å². The number of carbonyl (C=O) groups is 1. The van der Waals surface area contributed by atoms with E-state index in [1.807, 2.05) is 32.0 Å². The molecule has 0 aliphatic rings. The van der Waals surface area contributed by atoms with Gasteiger partial charge in [0.15, 0.2) is 5.60 Å². The average Bonchev–Trinajstić information content (AvgIpc) is 2.23. The van der Waals surface area contributed by atoms with Gasteiger partial charge in [-0.25, -0.2) is 4.79 Å². The van der Waals surface area contributed by atoms with E-state index in [-0.39, 0.29) is 5.97 Å². The molecule has 3 nitrogen and oxygen atoms in total. The highest BCUT2D eigenvalue weighted by Gasteiger charge is 2.31. The molecule has 17 heavy (non-hydrogen) atoms. The monoisotopic (exact) mass is 236 g/mol. The molecule has 0 N–H and O–H groups in total. The van der Waals surface area contributed by atoms with E-state index in [2.05, 4.69) is 0 Å². The van der Waals surface area contributed by atoms with Crippen LogP contribution in [-0.4, -0.2) is 18.2 Å². The maximum Gasteiger partial charge on any atom is 0.349 e. The summed E-state index contributed by atoms with van der Waals surface area (Å²) in [4.78, 5) is 11.7. The number of rotatable bonds is 4. The van der Waals surface area contributed by atoms with E-state index >= 15 is 0 Å². The van der Waals surface area contributed by atoms with Crippen LogP contribution in [0.3, 0.4) is 0 Å². The Balaban J connectivity index is 2.89. The van der Waals surface area contributed by atoms with E-state index in [0.717, 1.165) is 16.9 Å². The van der Waals surface area contributed by atoms with Gasteiger partial charge in [-0.05, 0) is 51.8 Å². The second kappa shape index (κ2) is 5.21. The molecule has 1 aromatic rings. The smallest absolute Gasteiger partial charge is 0.349 e. The summed E-state index contributed by atoms with van der Waals surface area (Å²) in [6, 6.07) is 5.92. The Hall–Kier alpha value is -1.51. The number of esters is 1. The minimum Gasteiger partial charge on any atom is -0.476 e. The molecule has 1 aromatic carbocycles. The lowest BCUT2D eigenvalue weighted by Crippen LogP contribution is -2.39. The molecule has 0 aliphatic carbocycles. The standard InChI is InChI=1S/C14H20O3/c1-6-16-13(15)14(4,5)17-12-9-10(2)7-8-11(12)3/h7-9H,6H2,1-5H3. The number of carbonyl (C=O) groups excluding carboxylic acids is 1. The molecule has 0 unspecified atom stereocenters. The van der Waals surface area contributed by atoms with E-state index in [1.54, 1.807) is 20.8 Å². The van der Waals surface area contributed by atoms with Crippen molar-refractivity contribution in [3.05, 3.63) is 29.3 Å². The van der Waals surface area contributed by atoms with Crippen molar-refractivity contribution < 1.29 is 14.3 Å². The Kier molecular flexibility index (Phi) is 4.16. The molecule has 1 rings (SSSR count). The zero-order valence-corrected chi connectivity index (χ0v) is 11.2. The lowest BCUT2D eigenvalue weighted by molar-refractivity contribution is -0.158. The summed E-state index contributed by atoms with van der Waals surface area (Å²) in [5.41, 5.74) is 1.15. The largest absolute Gasteiger partial charge is 0.476 e. The van der Waals surface area contributed by atoms with Crippen LogP contribution in [0.15, 0.2) is 18.2 Å². The van der Waals surface area contributed by atoms with Gasteiger partial charge in [0.25, 0.3) is 0 Å². The van der Waals surface area contributed by atoms with Crippen molar-refractivity contribution in [3.8, 4) is 5.75 Å². The van der Waals surface area contributed by atoms with E-state index in [9.17, 15) is 4.79 Å². The molecule has 0 amide bonds. The molecule has 0 spiro atoms. The lowest BCUT2D eigenvalue weighted by atomic mass is 10.1. The van der Waals surface area contributed by atoms with Gasteiger partial charge in [-0.1, -0.05) is 12.1 Å². The molecular weight excluding hydrogens is 216 g/mol. The number of hydrogen-bond donors (Lipinski definition) is 0. The lowest BCUT2D eigenvalue weighted by Gasteiger charge is -2.25. The number of benzene rings is 1. The molecule has 0 saturated carbocycles. The van der Waals surface area contributed by atoms with Crippen molar-refractivity contribution in [2.24, 2.45) is 0 Å². The van der Waals surface area contributed by atoms with Gasteiger partial charge in [-0.2, -0.15) is 0 Å². The normalized spacial score (nSPS) is 11.1. The third-order valence-corrected chi connectivity index (χ3v) is 2.48. The molecule has 3 heteroatoms. The first kappa shape index (κ1) is 13.6. The van der Waals surface area contributed by atoms with Crippen LogP contribution in [0, 0.1) is 13.8 Å². The summed E-state index contributed by atoms with van der Waals surface area (Å²) in [5, 5.41) is 0. The predicted octanol–water partition coefficient (Wildman–Crippen LogP) is 3.02. The first-order valence-electron chi connectivity index (χ1n) is 5.80.